The molecule has 32 valence electrons. The van der Waals surface area contributed by atoms with E-state index in [1.807, 2.05) is 0 Å². The Morgan fingerprint density at radius 2 is 2.50 bits per heavy atom. The van der Waals surface area contributed by atoms with Crippen LogP contribution in [0.1, 0.15) is 6.92 Å². The van der Waals surface area contributed by atoms with E-state index in [4.69, 9.17) is 5.26 Å². The average Bonchev–Trinajstić information content (AvgIpc) is 1.65. The number of allylic oxidation sites excluding steroid dienone is 2. The van der Waals surface area contributed by atoms with Crippen molar-refractivity contribution >= 4 is 0 Å². The van der Waals surface area contributed by atoms with Crippen LogP contribution in [0, 0.1) is 11.3 Å². The highest BCUT2D eigenvalue weighted by molar-refractivity contribution is 5.09. The maximum Gasteiger partial charge on any atom is 0.195 e. The molecule has 0 unspecified atom stereocenters. The maximum absolute atomic E-state index is 11.4. The van der Waals surface area contributed by atoms with E-state index in [2.05, 4.69) is 0 Å². The molecule has 0 atom stereocenters. The van der Waals surface area contributed by atoms with E-state index >= 15 is 0 Å². The summed E-state index contributed by atoms with van der Waals surface area (Å²) in [5.74, 6) is -0.727. The number of rotatable bonds is 0. The van der Waals surface area contributed by atoms with E-state index in [-0.39, 0.29) is 0 Å². The molecule has 0 aliphatic rings. The molecule has 0 aromatic heterocycles. The molecule has 2 heteroatoms. The van der Waals surface area contributed by atoms with Crippen LogP contribution < -0.4 is 0 Å². The van der Waals surface area contributed by atoms with E-state index in [0.717, 1.165) is 6.08 Å². The standard InChI is InChI=1S/C4H4FN/c1-2-4(5)3-6/h2H,1H3/b4-2-. The lowest BCUT2D eigenvalue weighted by atomic mass is 10.5. The highest BCUT2D eigenvalue weighted by Crippen LogP contribution is 1.88. The van der Waals surface area contributed by atoms with Gasteiger partial charge in [0, 0.05) is 0 Å². The van der Waals surface area contributed by atoms with Crippen LogP contribution in [0.25, 0.3) is 0 Å². The molecule has 0 spiro atoms. The Hall–Kier alpha value is -0.840. The Labute approximate surface area is 35.7 Å². The largest absolute Gasteiger partial charge is 0.195 e. The monoisotopic (exact) mass is 85.0 g/mol. The smallest absolute Gasteiger partial charge is 0.195 e. The Bertz CT molecular complexity index is 98.6. The molecule has 0 fully saturated rings. The second-order valence-corrected chi connectivity index (χ2v) is 0.748. The summed E-state index contributed by atoms with van der Waals surface area (Å²) in [4.78, 5) is 0. The molecular formula is C4H4FN. The fourth-order valence-electron chi connectivity index (χ4n) is 0.0645. The highest BCUT2D eigenvalue weighted by Gasteiger charge is 1.78. The van der Waals surface area contributed by atoms with Gasteiger partial charge in [0.1, 0.15) is 6.07 Å². The zero-order valence-electron chi connectivity index (χ0n) is 3.40. The van der Waals surface area contributed by atoms with Crippen molar-refractivity contribution in [3.8, 4) is 6.07 Å². The molecule has 0 heterocycles. The van der Waals surface area contributed by atoms with Gasteiger partial charge in [-0.1, -0.05) is 0 Å². The molecule has 1 nitrogen and oxygen atoms in total. The van der Waals surface area contributed by atoms with E-state index in [1.165, 1.54) is 13.0 Å². The Morgan fingerprint density at radius 3 is 2.50 bits per heavy atom. The number of hydrogen-bond acceptors (Lipinski definition) is 1. The fourth-order valence-corrected chi connectivity index (χ4v) is 0.0645. The number of hydrogen-bond donors (Lipinski definition) is 0. The molecule has 0 bridgehead atoms. The van der Waals surface area contributed by atoms with Gasteiger partial charge in [-0.3, -0.25) is 0 Å². The maximum atomic E-state index is 11.4. The van der Waals surface area contributed by atoms with Gasteiger partial charge in [-0.15, -0.1) is 0 Å². The first-order chi connectivity index (χ1) is 2.81. The predicted molar refractivity (Wildman–Crippen MR) is 20.5 cm³/mol. The van der Waals surface area contributed by atoms with Crippen LogP contribution in [-0.4, -0.2) is 0 Å². The third-order valence-electron chi connectivity index (χ3n) is 0.360. The number of nitrogens with zero attached hydrogens (tertiary/aromatic N) is 1. The van der Waals surface area contributed by atoms with Gasteiger partial charge in [0.15, 0.2) is 5.83 Å². The number of halogens is 1. The second kappa shape index (κ2) is 2.40. The predicted octanol–water partition coefficient (Wildman–Crippen LogP) is 1.38. The highest BCUT2D eigenvalue weighted by atomic mass is 19.1. The zero-order chi connectivity index (χ0) is 4.99. The van der Waals surface area contributed by atoms with Crippen molar-refractivity contribution in [3.05, 3.63) is 11.9 Å². The van der Waals surface area contributed by atoms with E-state index in [9.17, 15) is 4.39 Å². The van der Waals surface area contributed by atoms with Gasteiger partial charge in [0.05, 0.1) is 0 Å². The summed E-state index contributed by atoms with van der Waals surface area (Å²) in [5, 5.41) is 7.64. The van der Waals surface area contributed by atoms with Crippen molar-refractivity contribution in [1.82, 2.24) is 0 Å². The normalized spacial score (nSPS) is 10.5. The summed E-state index contributed by atoms with van der Waals surface area (Å²) in [7, 11) is 0. The van der Waals surface area contributed by atoms with Crippen LogP contribution in [0.4, 0.5) is 4.39 Å². The van der Waals surface area contributed by atoms with Crippen LogP contribution in [-0.2, 0) is 0 Å². The molecule has 0 aromatic carbocycles. The van der Waals surface area contributed by atoms with Gasteiger partial charge in [-0.05, 0) is 13.0 Å². The molecule has 0 rings (SSSR count). The Kier molecular flexibility index (Phi) is 2.06. The van der Waals surface area contributed by atoms with Crippen molar-refractivity contribution in [1.29, 1.82) is 5.26 Å². The summed E-state index contributed by atoms with van der Waals surface area (Å²) >= 11 is 0. The molecule has 0 amide bonds. The molecule has 0 N–H and O–H groups in total. The Morgan fingerprint density at radius 1 is 2.00 bits per heavy atom. The van der Waals surface area contributed by atoms with Gasteiger partial charge >= 0.3 is 0 Å². The molecule has 0 radical (unpaired) electrons. The molecule has 6 heavy (non-hydrogen) atoms. The quantitative estimate of drug-likeness (QED) is 0.407. The third-order valence-corrected chi connectivity index (χ3v) is 0.360. The summed E-state index contributed by atoms with van der Waals surface area (Å²) in [6, 6.07) is 1.31. The zero-order valence-corrected chi connectivity index (χ0v) is 3.40. The van der Waals surface area contributed by atoms with Gasteiger partial charge in [0.2, 0.25) is 0 Å². The average molecular weight is 85.1 g/mol. The van der Waals surface area contributed by atoms with Gasteiger partial charge in [-0.2, -0.15) is 9.65 Å². The first kappa shape index (κ1) is 5.16. The summed E-state index contributed by atoms with van der Waals surface area (Å²) in [6.45, 7) is 1.47. The second-order valence-electron chi connectivity index (χ2n) is 0.748. The van der Waals surface area contributed by atoms with Crippen LogP contribution >= 0.6 is 0 Å². The van der Waals surface area contributed by atoms with Crippen LogP contribution in [0.2, 0.25) is 0 Å². The van der Waals surface area contributed by atoms with Crippen LogP contribution in [0.5, 0.6) is 0 Å². The van der Waals surface area contributed by atoms with Crippen molar-refractivity contribution < 1.29 is 4.39 Å². The minimum absolute atomic E-state index is 0.727. The Balaban J connectivity index is 3.61. The SMILES string of the molecule is C/C=C(\F)C#N. The lowest BCUT2D eigenvalue weighted by molar-refractivity contribution is 0.670. The first-order valence-corrected chi connectivity index (χ1v) is 1.53. The van der Waals surface area contributed by atoms with Gasteiger partial charge in [-0.25, -0.2) is 0 Å². The lowest BCUT2D eigenvalue weighted by Gasteiger charge is -1.65. The van der Waals surface area contributed by atoms with E-state index in [0.29, 0.717) is 0 Å². The molecule has 0 aliphatic heterocycles. The number of nitriles is 1. The topological polar surface area (TPSA) is 23.8 Å². The van der Waals surface area contributed by atoms with E-state index in [1.54, 1.807) is 0 Å². The summed E-state index contributed by atoms with van der Waals surface area (Å²) in [5.41, 5.74) is 0. The molecular weight excluding hydrogens is 81.0 g/mol. The minimum atomic E-state index is -0.727. The molecule has 0 aliphatic carbocycles. The first-order valence-electron chi connectivity index (χ1n) is 1.53. The van der Waals surface area contributed by atoms with Crippen molar-refractivity contribution in [3.63, 3.8) is 0 Å². The summed E-state index contributed by atoms with van der Waals surface area (Å²) < 4.78 is 11.4. The van der Waals surface area contributed by atoms with E-state index < -0.39 is 5.83 Å². The molecule has 0 saturated carbocycles. The molecule has 0 saturated heterocycles. The van der Waals surface area contributed by atoms with Crippen molar-refractivity contribution in [2.24, 2.45) is 0 Å². The molecule has 0 aromatic rings. The minimum Gasteiger partial charge on any atom is -0.195 e. The fraction of sp³-hybridized carbons (Fsp3) is 0.250. The third kappa shape index (κ3) is 1.48. The lowest BCUT2D eigenvalue weighted by Crippen LogP contribution is -1.55. The van der Waals surface area contributed by atoms with Crippen molar-refractivity contribution in [2.45, 2.75) is 6.92 Å². The van der Waals surface area contributed by atoms with Crippen LogP contribution in [0.15, 0.2) is 11.9 Å². The van der Waals surface area contributed by atoms with Gasteiger partial charge < -0.3 is 0 Å². The van der Waals surface area contributed by atoms with Crippen LogP contribution in [0.3, 0.4) is 0 Å². The summed E-state index contributed by atoms with van der Waals surface area (Å²) in [6.07, 6.45) is 1.11. The van der Waals surface area contributed by atoms with Gasteiger partial charge in [0.25, 0.3) is 0 Å². The van der Waals surface area contributed by atoms with Crippen molar-refractivity contribution in [2.75, 3.05) is 0 Å².